The molecule has 0 fully saturated rings. The van der Waals surface area contributed by atoms with Crippen LogP contribution in [0.3, 0.4) is 0 Å². The van der Waals surface area contributed by atoms with Crippen molar-refractivity contribution in [1.29, 1.82) is 5.26 Å². The van der Waals surface area contributed by atoms with Crippen LogP contribution in [0.15, 0.2) is 6.07 Å². The van der Waals surface area contributed by atoms with Crippen LogP contribution >= 0.6 is 0 Å². The fraction of sp³-hybridized carbons (Fsp3) is 0.643. The molecule has 0 unspecified atom stereocenters. The number of rotatable bonds is 7. The molecule has 5 nitrogen and oxygen atoms in total. The molecule has 0 saturated carbocycles. The average molecular weight is 261 g/mol. The zero-order valence-corrected chi connectivity index (χ0v) is 12.2. The largest absolute Gasteiger partial charge is 0.369 e. The van der Waals surface area contributed by atoms with Crippen LogP contribution in [-0.4, -0.2) is 23.1 Å². The van der Waals surface area contributed by atoms with Gasteiger partial charge in [-0.15, -0.1) is 0 Å². The Balaban J connectivity index is 2.66. The molecule has 0 aliphatic rings. The summed E-state index contributed by atoms with van der Waals surface area (Å²) >= 11 is 0. The lowest BCUT2D eigenvalue weighted by atomic mass is 9.90. The van der Waals surface area contributed by atoms with Crippen molar-refractivity contribution >= 4 is 11.6 Å². The molecule has 1 heterocycles. The molecular weight excluding hydrogens is 238 g/mol. The Bertz CT molecular complexity index is 448. The highest BCUT2D eigenvalue weighted by Gasteiger charge is 2.15. The molecule has 1 rings (SSSR count). The van der Waals surface area contributed by atoms with Crippen LogP contribution in [-0.2, 0) is 0 Å². The van der Waals surface area contributed by atoms with Gasteiger partial charge in [-0.05, 0) is 18.8 Å². The Morgan fingerprint density at radius 2 is 1.89 bits per heavy atom. The number of nitriles is 1. The maximum atomic E-state index is 8.52. The predicted octanol–water partition coefficient (Wildman–Crippen LogP) is 2.96. The molecule has 1 aromatic rings. The SMILES string of the molecule is CCC(C)(C)CNc1cc(NCCC#N)nc(C)n1. The van der Waals surface area contributed by atoms with E-state index in [2.05, 4.69) is 47.4 Å². The third-order valence-electron chi connectivity index (χ3n) is 3.09. The van der Waals surface area contributed by atoms with Gasteiger partial charge < -0.3 is 10.6 Å². The van der Waals surface area contributed by atoms with Gasteiger partial charge in [0.15, 0.2) is 0 Å². The molecule has 0 amide bonds. The standard InChI is InChI=1S/C14H23N5/c1-5-14(3,4)10-17-13-9-12(16-8-6-7-15)18-11(2)19-13/h9H,5-6,8,10H2,1-4H3,(H2,16,17,18,19). The normalized spacial score (nSPS) is 10.9. The molecule has 1 aromatic heterocycles. The lowest BCUT2D eigenvalue weighted by molar-refractivity contribution is 0.376. The van der Waals surface area contributed by atoms with Gasteiger partial charge in [0.1, 0.15) is 17.5 Å². The second kappa shape index (κ2) is 6.93. The number of nitrogens with zero attached hydrogens (tertiary/aromatic N) is 3. The quantitative estimate of drug-likeness (QED) is 0.738. The third-order valence-corrected chi connectivity index (χ3v) is 3.09. The van der Waals surface area contributed by atoms with Crippen molar-refractivity contribution in [1.82, 2.24) is 9.97 Å². The van der Waals surface area contributed by atoms with Crippen molar-refractivity contribution in [3.63, 3.8) is 0 Å². The van der Waals surface area contributed by atoms with E-state index < -0.39 is 0 Å². The summed E-state index contributed by atoms with van der Waals surface area (Å²) < 4.78 is 0. The Labute approximate surface area is 115 Å². The first-order valence-electron chi connectivity index (χ1n) is 6.67. The van der Waals surface area contributed by atoms with E-state index in [4.69, 9.17) is 5.26 Å². The van der Waals surface area contributed by atoms with E-state index in [-0.39, 0.29) is 5.41 Å². The highest BCUT2D eigenvalue weighted by atomic mass is 15.1. The molecule has 0 aliphatic heterocycles. The van der Waals surface area contributed by atoms with Crippen molar-refractivity contribution in [2.24, 2.45) is 5.41 Å². The number of hydrogen-bond acceptors (Lipinski definition) is 5. The Morgan fingerprint density at radius 1 is 1.26 bits per heavy atom. The summed E-state index contributed by atoms with van der Waals surface area (Å²) in [4.78, 5) is 8.67. The zero-order valence-electron chi connectivity index (χ0n) is 12.2. The topological polar surface area (TPSA) is 73.6 Å². The first-order valence-corrected chi connectivity index (χ1v) is 6.67. The molecule has 0 atom stereocenters. The first kappa shape index (κ1) is 15.2. The van der Waals surface area contributed by atoms with Gasteiger partial charge in [-0.2, -0.15) is 5.26 Å². The van der Waals surface area contributed by atoms with Gasteiger partial charge >= 0.3 is 0 Å². The monoisotopic (exact) mass is 261 g/mol. The average Bonchev–Trinajstić information content (AvgIpc) is 2.36. The van der Waals surface area contributed by atoms with E-state index in [1.54, 1.807) is 0 Å². The zero-order chi connectivity index (χ0) is 14.3. The minimum atomic E-state index is 0.243. The first-order chi connectivity index (χ1) is 8.96. The molecule has 0 bridgehead atoms. The van der Waals surface area contributed by atoms with Gasteiger partial charge in [0.25, 0.3) is 0 Å². The molecule has 2 N–H and O–H groups in total. The number of hydrogen-bond donors (Lipinski definition) is 2. The van der Waals surface area contributed by atoms with Crippen LogP contribution in [0.2, 0.25) is 0 Å². The van der Waals surface area contributed by atoms with Crippen LogP contribution in [0.4, 0.5) is 11.6 Å². The maximum absolute atomic E-state index is 8.52. The second-order valence-corrected chi connectivity index (χ2v) is 5.39. The lowest BCUT2D eigenvalue weighted by Gasteiger charge is -2.23. The Hall–Kier alpha value is -1.83. The van der Waals surface area contributed by atoms with Gasteiger partial charge in [-0.3, -0.25) is 0 Å². The number of aryl methyl sites for hydroxylation is 1. The van der Waals surface area contributed by atoms with Crippen molar-refractivity contribution < 1.29 is 0 Å². The van der Waals surface area contributed by atoms with Crippen molar-refractivity contribution in [3.05, 3.63) is 11.9 Å². The molecule has 0 aromatic carbocycles. The van der Waals surface area contributed by atoms with E-state index in [0.717, 1.165) is 30.4 Å². The molecule has 0 aliphatic carbocycles. The summed E-state index contributed by atoms with van der Waals surface area (Å²) in [7, 11) is 0. The molecule has 0 saturated heterocycles. The molecule has 0 radical (unpaired) electrons. The number of nitrogens with one attached hydrogen (secondary N) is 2. The van der Waals surface area contributed by atoms with Crippen LogP contribution in [0.1, 0.15) is 39.4 Å². The van der Waals surface area contributed by atoms with E-state index in [1.807, 2.05) is 13.0 Å². The lowest BCUT2D eigenvalue weighted by Crippen LogP contribution is -2.22. The number of anilines is 2. The van der Waals surface area contributed by atoms with Gasteiger partial charge in [0, 0.05) is 19.2 Å². The maximum Gasteiger partial charge on any atom is 0.131 e. The second-order valence-electron chi connectivity index (χ2n) is 5.39. The van der Waals surface area contributed by atoms with Gasteiger partial charge in [0.2, 0.25) is 0 Å². The molecule has 104 valence electrons. The van der Waals surface area contributed by atoms with Gasteiger partial charge in [0.05, 0.1) is 12.5 Å². The fourth-order valence-corrected chi connectivity index (χ4v) is 1.45. The highest BCUT2D eigenvalue weighted by molar-refractivity contribution is 5.47. The summed E-state index contributed by atoms with van der Waals surface area (Å²) in [6.07, 6.45) is 1.58. The van der Waals surface area contributed by atoms with Crippen LogP contribution in [0.25, 0.3) is 0 Å². The molecule has 0 spiro atoms. The Morgan fingerprint density at radius 3 is 2.47 bits per heavy atom. The molecular formula is C14H23N5. The van der Waals surface area contributed by atoms with Gasteiger partial charge in [-0.1, -0.05) is 20.8 Å². The summed E-state index contributed by atoms with van der Waals surface area (Å²) in [6.45, 7) is 9.97. The highest BCUT2D eigenvalue weighted by Crippen LogP contribution is 2.20. The predicted molar refractivity (Wildman–Crippen MR) is 78.1 cm³/mol. The number of aromatic nitrogens is 2. The summed E-state index contributed by atoms with van der Waals surface area (Å²) in [5.74, 6) is 2.31. The van der Waals surface area contributed by atoms with Crippen LogP contribution in [0.5, 0.6) is 0 Å². The van der Waals surface area contributed by atoms with Gasteiger partial charge in [-0.25, -0.2) is 9.97 Å². The smallest absolute Gasteiger partial charge is 0.131 e. The Kier molecular flexibility index (Phi) is 5.56. The fourth-order valence-electron chi connectivity index (χ4n) is 1.45. The van der Waals surface area contributed by atoms with E-state index in [1.165, 1.54) is 0 Å². The summed E-state index contributed by atoms with van der Waals surface area (Å²) in [5, 5.41) is 15.0. The van der Waals surface area contributed by atoms with Crippen molar-refractivity contribution in [2.75, 3.05) is 23.7 Å². The summed E-state index contributed by atoms with van der Waals surface area (Å²) in [6, 6.07) is 3.98. The minimum Gasteiger partial charge on any atom is -0.369 e. The molecule has 19 heavy (non-hydrogen) atoms. The van der Waals surface area contributed by atoms with E-state index in [9.17, 15) is 0 Å². The third kappa shape index (κ3) is 5.56. The van der Waals surface area contributed by atoms with Crippen LogP contribution in [0, 0.1) is 23.7 Å². The van der Waals surface area contributed by atoms with Crippen LogP contribution < -0.4 is 10.6 Å². The summed E-state index contributed by atoms with van der Waals surface area (Å²) in [5.41, 5.74) is 0.243. The van der Waals surface area contributed by atoms with Crippen molar-refractivity contribution in [2.45, 2.75) is 40.5 Å². The van der Waals surface area contributed by atoms with Crippen molar-refractivity contribution in [3.8, 4) is 6.07 Å². The van der Waals surface area contributed by atoms with E-state index in [0.29, 0.717) is 13.0 Å². The minimum absolute atomic E-state index is 0.243. The van der Waals surface area contributed by atoms with E-state index >= 15 is 0 Å². The molecule has 5 heteroatoms.